The predicted molar refractivity (Wildman–Crippen MR) is 62.8 cm³/mol. The molecule has 0 radical (unpaired) electrons. The number of aromatic amines is 1. The van der Waals surface area contributed by atoms with Crippen molar-refractivity contribution < 1.29 is 8.42 Å². The van der Waals surface area contributed by atoms with Crippen molar-refractivity contribution in [3.05, 3.63) is 27.7 Å². The van der Waals surface area contributed by atoms with Gasteiger partial charge in [0.2, 0.25) is 0 Å². The van der Waals surface area contributed by atoms with E-state index >= 15 is 0 Å². The van der Waals surface area contributed by atoms with Gasteiger partial charge in [-0.15, -0.1) is 12.4 Å². The Balaban J connectivity index is 0.00000128. The third kappa shape index (κ3) is 2.45. The first-order valence-electron chi connectivity index (χ1n) is 4.64. The molecule has 0 aliphatic carbocycles. The summed E-state index contributed by atoms with van der Waals surface area (Å²) in [5.41, 5.74) is 1.19. The van der Waals surface area contributed by atoms with Gasteiger partial charge in [-0.3, -0.25) is 4.79 Å². The van der Waals surface area contributed by atoms with Crippen molar-refractivity contribution >= 4 is 22.2 Å². The molecule has 0 bridgehead atoms. The fourth-order valence-electron chi connectivity index (χ4n) is 1.68. The van der Waals surface area contributed by atoms with Gasteiger partial charge in [0.25, 0.3) is 5.56 Å². The SMILES string of the molecule is CS(=O)(=O)c1cc2c([nH]c1=O)CCNC2.Cl. The highest BCUT2D eigenvalue weighted by Gasteiger charge is 2.17. The third-order valence-corrected chi connectivity index (χ3v) is 3.55. The molecule has 2 heterocycles. The fourth-order valence-corrected chi connectivity index (χ4v) is 2.43. The Bertz CT molecular complexity index is 550. The molecule has 7 heteroatoms. The van der Waals surface area contributed by atoms with E-state index in [1.165, 1.54) is 6.07 Å². The van der Waals surface area contributed by atoms with Gasteiger partial charge >= 0.3 is 0 Å². The minimum absolute atomic E-state index is 0. The van der Waals surface area contributed by atoms with Gasteiger partial charge in [-0.1, -0.05) is 0 Å². The summed E-state index contributed by atoms with van der Waals surface area (Å²) in [4.78, 5) is 14.0. The van der Waals surface area contributed by atoms with E-state index in [1.807, 2.05) is 0 Å². The second kappa shape index (κ2) is 4.57. The number of H-pyrrole nitrogens is 1. The monoisotopic (exact) mass is 264 g/mol. The van der Waals surface area contributed by atoms with Crippen molar-refractivity contribution in [1.29, 1.82) is 0 Å². The second-order valence-corrected chi connectivity index (χ2v) is 5.65. The van der Waals surface area contributed by atoms with E-state index in [4.69, 9.17) is 0 Å². The molecule has 0 fully saturated rings. The third-order valence-electron chi connectivity index (χ3n) is 2.45. The van der Waals surface area contributed by atoms with E-state index in [-0.39, 0.29) is 17.3 Å². The number of halogens is 1. The summed E-state index contributed by atoms with van der Waals surface area (Å²) in [6.45, 7) is 1.41. The molecule has 0 aromatic carbocycles. The molecule has 2 N–H and O–H groups in total. The summed E-state index contributed by atoms with van der Waals surface area (Å²) in [6.07, 6.45) is 1.77. The van der Waals surface area contributed by atoms with Crippen molar-refractivity contribution in [3.8, 4) is 0 Å². The van der Waals surface area contributed by atoms with Crippen molar-refractivity contribution in [3.63, 3.8) is 0 Å². The predicted octanol–water partition coefficient (Wildman–Crippen LogP) is -0.154. The van der Waals surface area contributed by atoms with Crippen LogP contribution in [-0.2, 0) is 22.8 Å². The maximum atomic E-state index is 11.5. The fraction of sp³-hybridized carbons (Fsp3) is 0.444. The number of aromatic nitrogens is 1. The molecule has 1 aliphatic rings. The number of pyridine rings is 1. The van der Waals surface area contributed by atoms with Gasteiger partial charge in [0, 0.05) is 31.5 Å². The van der Waals surface area contributed by atoms with E-state index in [1.54, 1.807) is 0 Å². The van der Waals surface area contributed by atoms with Crippen LogP contribution in [0.15, 0.2) is 15.8 Å². The van der Waals surface area contributed by atoms with Gasteiger partial charge in [-0.2, -0.15) is 0 Å². The lowest BCUT2D eigenvalue weighted by Crippen LogP contribution is -2.29. The average molecular weight is 265 g/mol. The smallest absolute Gasteiger partial charge is 0.266 e. The van der Waals surface area contributed by atoms with Crippen LogP contribution >= 0.6 is 12.4 Å². The molecule has 0 spiro atoms. The summed E-state index contributed by atoms with van der Waals surface area (Å²) in [6, 6.07) is 1.47. The first-order valence-corrected chi connectivity index (χ1v) is 6.53. The largest absolute Gasteiger partial charge is 0.325 e. The number of fused-ring (bicyclic) bond motifs is 1. The summed E-state index contributed by atoms with van der Waals surface area (Å²) in [5.74, 6) is 0. The number of hydrogen-bond donors (Lipinski definition) is 2. The Labute approximate surface area is 99.6 Å². The van der Waals surface area contributed by atoms with E-state index in [2.05, 4.69) is 10.3 Å². The zero-order valence-corrected chi connectivity index (χ0v) is 10.4. The maximum Gasteiger partial charge on any atom is 0.266 e. The van der Waals surface area contributed by atoms with Gasteiger partial charge < -0.3 is 10.3 Å². The number of sulfone groups is 1. The summed E-state index contributed by atoms with van der Waals surface area (Å²) in [7, 11) is -3.44. The summed E-state index contributed by atoms with van der Waals surface area (Å²) < 4.78 is 22.6. The summed E-state index contributed by atoms with van der Waals surface area (Å²) >= 11 is 0. The van der Waals surface area contributed by atoms with E-state index in [9.17, 15) is 13.2 Å². The van der Waals surface area contributed by atoms with E-state index < -0.39 is 15.4 Å². The quantitative estimate of drug-likeness (QED) is 0.739. The van der Waals surface area contributed by atoms with Crippen LogP contribution < -0.4 is 10.9 Å². The van der Waals surface area contributed by atoms with Crippen LogP contribution in [0.25, 0.3) is 0 Å². The van der Waals surface area contributed by atoms with Crippen molar-refractivity contribution in [1.82, 2.24) is 10.3 Å². The van der Waals surface area contributed by atoms with Crippen LogP contribution in [0.4, 0.5) is 0 Å². The highest BCUT2D eigenvalue weighted by atomic mass is 35.5. The number of nitrogens with one attached hydrogen (secondary N) is 2. The Kier molecular flexibility index (Phi) is 3.77. The lowest BCUT2D eigenvalue weighted by Gasteiger charge is -2.16. The first-order chi connectivity index (χ1) is 6.98. The van der Waals surface area contributed by atoms with Crippen LogP contribution in [0.3, 0.4) is 0 Å². The zero-order chi connectivity index (χ0) is 11.1. The topological polar surface area (TPSA) is 79.0 Å². The normalized spacial score (nSPS) is 15.1. The van der Waals surface area contributed by atoms with Gasteiger partial charge in [0.15, 0.2) is 9.84 Å². The molecule has 0 atom stereocenters. The molecule has 1 aromatic heterocycles. The molecule has 0 unspecified atom stereocenters. The molecule has 1 aliphatic heterocycles. The first kappa shape index (κ1) is 13.2. The zero-order valence-electron chi connectivity index (χ0n) is 8.74. The van der Waals surface area contributed by atoms with Crippen LogP contribution in [0, 0.1) is 0 Å². The molecular weight excluding hydrogens is 252 g/mol. The minimum atomic E-state index is -3.44. The molecule has 0 saturated carbocycles. The van der Waals surface area contributed by atoms with Crippen molar-refractivity contribution in [2.75, 3.05) is 12.8 Å². The Hall–Kier alpha value is -0.850. The second-order valence-electron chi connectivity index (χ2n) is 3.67. The van der Waals surface area contributed by atoms with E-state index in [0.717, 1.165) is 30.5 Å². The Morgan fingerprint density at radius 2 is 2.06 bits per heavy atom. The molecule has 0 saturated heterocycles. The number of hydrogen-bond acceptors (Lipinski definition) is 4. The minimum Gasteiger partial charge on any atom is -0.325 e. The van der Waals surface area contributed by atoms with Crippen LogP contribution in [0.1, 0.15) is 11.3 Å². The van der Waals surface area contributed by atoms with E-state index in [0.29, 0.717) is 6.54 Å². The number of rotatable bonds is 1. The lowest BCUT2D eigenvalue weighted by molar-refractivity contribution is 0.596. The van der Waals surface area contributed by atoms with Gasteiger partial charge in [-0.05, 0) is 11.6 Å². The molecule has 90 valence electrons. The van der Waals surface area contributed by atoms with Crippen molar-refractivity contribution in [2.45, 2.75) is 17.9 Å². The standard InChI is InChI=1S/C9H12N2O3S.ClH/c1-15(13,14)8-4-6-5-10-3-2-7(6)11-9(8)12;/h4,10H,2-3,5H2,1H3,(H,11,12);1H. The Morgan fingerprint density at radius 3 is 2.69 bits per heavy atom. The molecule has 5 nitrogen and oxygen atoms in total. The highest BCUT2D eigenvalue weighted by Crippen LogP contribution is 2.12. The summed E-state index contributed by atoms with van der Waals surface area (Å²) in [5, 5.41) is 3.12. The van der Waals surface area contributed by atoms with Crippen LogP contribution in [0.5, 0.6) is 0 Å². The van der Waals surface area contributed by atoms with Crippen molar-refractivity contribution in [2.24, 2.45) is 0 Å². The van der Waals surface area contributed by atoms with Crippen LogP contribution in [0.2, 0.25) is 0 Å². The molecule has 1 aromatic rings. The van der Waals surface area contributed by atoms with Gasteiger partial charge in [-0.25, -0.2) is 8.42 Å². The molecular formula is C9H13ClN2O3S. The lowest BCUT2D eigenvalue weighted by atomic mass is 10.1. The molecule has 16 heavy (non-hydrogen) atoms. The maximum absolute atomic E-state index is 11.5. The average Bonchev–Trinajstić information content (AvgIpc) is 2.15. The van der Waals surface area contributed by atoms with Gasteiger partial charge in [0.05, 0.1) is 0 Å². The molecule has 2 rings (SSSR count). The van der Waals surface area contributed by atoms with Gasteiger partial charge in [0.1, 0.15) is 4.90 Å². The van der Waals surface area contributed by atoms with Crippen LogP contribution in [-0.4, -0.2) is 26.2 Å². The molecule has 0 amide bonds. The Morgan fingerprint density at radius 1 is 1.38 bits per heavy atom. The highest BCUT2D eigenvalue weighted by molar-refractivity contribution is 7.90.